The quantitative estimate of drug-likeness (QED) is 0.616. The molecule has 0 aromatic carbocycles. The topological polar surface area (TPSA) is 104 Å². The van der Waals surface area contributed by atoms with Crippen LogP contribution in [0.15, 0.2) is 0 Å². The molecular formula is C11H17NO6. The Balaban J connectivity index is 2.58. The Labute approximate surface area is 104 Å². The maximum absolute atomic E-state index is 11.5. The van der Waals surface area contributed by atoms with Crippen molar-refractivity contribution in [1.29, 1.82) is 0 Å². The molecule has 2 atom stereocenters. The van der Waals surface area contributed by atoms with E-state index in [1.54, 1.807) is 6.92 Å². The summed E-state index contributed by atoms with van der Waals surface area (Å²) >= 11 is 0. The zero-order valence-corrected chi connectivity index (χ0v) is 10.2. The Morgan fingerprint density at radius 2 is 2.22 bits per heavy atom. The fourth-order valence-corrected chi connectivity index (χ4v) is 1.91. The molecule has 7 nitrogen and oxygen atoms in total. The van der Waals surface area contributed by atoms with E-state index < -0.39 is 30.0 Å². The van der Waals surface area contributed by atoms with Gasteiger partial charge in [-0.25, -0.2) is 4.79 Å². The van der Waals surface area contributed by atoms with Gasteiger partial charge in [0, 0.05) is 13.0 Å². The molecule has 102 valence electrons. The molecule has 0 aromatic heterocycles. The average molecular weight is 259 g/mol. The van der Waals surface area contributed by atoms with Crippen LogP contribution in [0.5, 0.6) is 0 Å². The minimum Gasteiger partial charge on any atom is -0.480 e. The standard InChI is InChI=1S/C11H17NO6/c1-2-18-10(15)4-3-8(11(16)17)12-6-7(13)5-9(12)14/h7-8,13H,2-6H2,1H3,(H,16,17)/t7?,8-/m0/s1. The summed E-state index contributed by atoms with van der Waals surface area (Å²) in [6.45, 7) is 1.89. The molecule has 1 aliphatic heterocycles. The van der Waals surface area contributed by atoms with Gasteiger partial charge in [-0.15, -0.1) is 0 Å². The normalized spacial score (nSPS) is 20.9. The predicted molar refractivity (Wildman–Crippen MR) is 59.6 cm³/mol. The number of β-amino-alcohol motifs (C(OH)–C–C–N with tert-alkyl or cyclic N) is 1. The Morgan fingerprint density at radius 3 is 2.67 bits per heavy atom. The van der Waals surface area contributed by atoms with Crippen molar-refractivity contribution >= 4 is 17.8 Å². The van der Waals surface area contributed by atoms with Crippen molar-refractivity contribution in [2.24, 2.45) is 0 Å². The molecule has 0 bridgehead atoms. The van der Waals surface area contributed by atoms with Crippen LogP contribution in [0.1, 0.15) is 26.2 Å². The third-order valence-electron chi connectivity index (χ3n) is 2.73. The molecule has 0 radical (unpaired) electrons. The van der Waals surface area contributed by atoms with E-state index in [0.29, 0.717) is 0 Å². The van der Waals surface area contributed by atoms with Gasteiger partial charge in [-0.1, -0.05) is 0 Å². The minimum atomic E-state index is -1.18. The summed E-state index contributed by atoms with van der Waals surface area (Å²) in [7, 11) is 0. The highest BCUT2D eigenvalue weighted by atomic mass is 16.5. The molecular weight excluding hydrogens is 242 g/mol. The number of rotatable bonds is 6. The van der Waals surface area contributed by atoms with Crippen LogP contribution in [0.2, 0.25) is 0 Å². The molecule has 0 aliphatic carbocycles. The van der Waals surface area contributed by atoms with E-state index in [1.165, 1.54) is 0 Å². The van der Waals surface area contributed by atoms with Gasteiger partial charge in [0.25, 0.3) is 0 Å². The largest absolute Gasteiger partial charge is 0.480 e. The van der Waals surface area contributed by atoms with Gasteiger partial charge in [0.2, 0.25) is 5.91 Å². The number of aliphatic hydroxyl groups excluding tert-OH is 1. The number of carboxylic acids is 1. The summed E-state index contributed by atoms with van der Waals surface area (Å²) in [5.41, 5.74) is 0. The van der Waals surface area contributed by atoms with Gasteiger partial charge in [0.1, 0.15) is 6.04 Å². The molecule has 1 fully saturated rings. The van der Waals surface area contributed by atoms with Crippen LogP contribution in [0.4, 0.5) is 0 Å². The summed E-state index contributed by atoms with van der Waals surface area (Å²) in [6, 6.07) is -1.08. The van der Waals surface area contributed by atoms with Gasteiger partial charge in [0.05, 0.1) is 19.1 Å². The first-order valence-electron chi connectivity index (χ1n) is 5.81. The molecule has 1 amide bonds. The van der Waals surface area contributed by atoms with Crippen LogP contribution in [0, 0.1) is 0 Å². The molecule has 0 aromatic rings. The Morgan fingerprint density at radius 1 is 1.56 bits per heavy atom. The number of aliphatic carboxylic acids is 1. The Kier molecular flexibility index (Phi) is 5.08. The lowest BCUT2D eigenvalue weighted by molar-refractivity contribution is -0.150. The van der Waals surface area contributed by atoms with Crippen LogP contribution in [-0.2, 0) is 19.1 Å². The second-order valence-electron chi connectivity index (χ2n) is 4.10. The molecule has 1 aliphatic rings. The molecule has 0 spiro atoms. The molecule has 2 N–H and O–H groups in total. The number of aliphatic hydroxyl groups is 1. The van der Waals surface area contributed by atoms with Crippen LogP contribution in [-0.4, -0.2) is 58.3 Å². The maximum atomic E-state index is 11.5. The van der Waals surface area contributed by atoms with Gasteiger partial charge >= 0.3 is 11.9 Å². The number of hydrogen-bond acceptors (Lipinski definition) is 5. The highest BCUT2D eigenvalue weighted by Gasteiger charge is 2.37. The van der Waals surface area contributed by atoms with E-state index in [1.807, 2.05) is 0 Å². The van der Waals surface area contributed by atoms with Gasteiger partial charge in [-0.3, -0.25) is 9.59 Å². The Hall–Kier alpha value is -1.63. The van der Waals surface area contributed by atoms with E-state index in [4.69, 9.17) is 9.84 Å². The van der Waals surface area contributed by atoms with Crippen molar-refractivity contribution in [1.82, 2.24) is 4.90 Å². The first kappa shape index (κ1) is 14.4. The molecule has 0 saturated carbocycles. The van der Waals surface area contributed by atoms with Gasteiger partial charge < -0.3 is 19.8 Å². The number of carboxylic acid groups (broad SMARTS) is 1. The van der Waals surface area contributed by atoms with E-state index in [2.05, 4.69) is 0 Å². The number of amides is 1. The zero-order chi connectivity index (χ0) is 13.7. The molecule has 1 unspecified atom stereocenters. The number of carbonyl (C=O) groups is 3. The maximum Gasteiger partial charge on any atom is 0.326 e. The zero-order valence-electron chi connectivity index (χ0n) is 10.2. The second-order valence-corrected chi connectivity index (χ2v) is 4.10. The highest BCUT2D eigenvalue weighted by Crippen LogP contribution is 2.18. The molecule has 1 rings (SSSR count). The smallest absolute Gasteiger partial charge is 0.326 e. The first-order valence-corrected chi connectivity index (χ1v) is 5.81. The second kappa shape index (κ2) is 6.34. The summed E-state index contributed by atoms with van der Waals surface area (Å²) in [6.07, 6.45) is -0.970. The monoisotopic (exact) mass is 259 g/mol. The number of likely N-dealkylation sites (tertiary alicyclic amines) is 1. The SMILES string of the molecule is CCOC(=O)CC[C@@H](C(=O)O)N1CC(O)CC1=O. The van der Waals surface area contributed by atoms with E-state index in [0.717, 1.165) is 4.90 Å². The van der Waals surface area contributed by atoms with Crippen molar-refractivity contribution in [3.8, 4) is 0 Å². The number of nitrogens with zero attached hydrogens (tertiary/aromatic N) is 1. The van der Waals surface area contributed by atoms with Gasteiger partial charge in [0.15, 0.2) is 0 Å². The third-order valence-corrected chi connectivity index (χ3v) is 2.73. The lowest BCUT2D eigenvalue weighted by Gasteiger charge is -2.23. The fraction of sp³-hybridized carbons (Fsp3) is 0.727. The molecule has 1 saturated heterocycles. The van der Waals surface area contributed by atoms with Crippen molar-refractivity contribution in [3.63, 3.8) is 0 Å². The highest BCUT2D eigenvalue weighted by molar-refractivity contribution is 5.86. The number of hydrogen-bond donors (Lipinski definition) is 2. The molecule has 7 heteroatoms. The van der Waals surface area contributed by atoms with Crippen LogP contribution in [0.3, 0.4) is 0 Å². The summed E-state index contributed by atoms with van der Waals surface area (Å²) in [5, 5.41) is 18.4. The lowest BCUT2D eigenvalue weighted by atomic mass is 10.1. The molecule has 1 heterocycles. The molecule has 18 heavy (non-hydrogen) atoms. The summed E-state index contributed by atoms with van der Waals surface area (Å²) in [5.74, 6) is -2.07. The van der Waals surface area contributed by atoms with E-state index >= 15 is 0 Å². The average Bonchev–Trinajstić information content (AvgIpc) is 2.58. The Bertz CT molecular complexity index is 342. The van der Waals surface area contributed by atoms with Crippen molar-refractivity contribution in [3.05, 3.63) is 0 Å². The predicted octanol–water partition coefficient (Wildman–Crippen LogP) is -0.624. The summed E-state index contributed by atoms with van der Waals surface area (Å²) in [4.78, 5) is 34.8. The van der Waals surface area contributed by atoms with E-state index in [9.17, 15) is 19.5 Å². The third kappa shape index (κ3) is 3.69. The van der Waals surface area contributed by atoms with E-state index in [-0.39, 0.29) is 32.4 Å². The number of ether oxygens (including phenoxy) is 1. The summed E-state index contributed by atoms with van der Waals surface area (Å²) < 4.78 is 4.70. The first-order chi connectivity index (χ1) is 8.45. The van der Waals surface area contributed by atoms with Crippen LogP contribution >= 0.6 is 0 Å². The minimum absolute atomic E-state index is 0.00136. The van der Waals surface area contributed by atoms with Crippen molar-refractivity contribution in [2.75, 3.05) is 13.2 Å². The van der Waals surface area contributed by atoms with Crippen molar-refractivity contribution < 1.29 is 29.3 Å². The van der Waals surface area contributed by atoms with Crippen LogP contribution in [0.25, 0.3) is 0 Å². The van der Waals surface area contributed by atoms with Crippen molar-refractivity contribution in [2.45, 2.75) is 38.3 Å². The van der Waals surface area contributed by atoms with Crippen LogP contribution < -0.4 is 0 Å². The fourth-order valence-electron chi connectivity index (χ4n) is 1.91. The number of esters is 1. The number of carbonyl (C=O) groups excluding carboxylic acids is 2. The van der Waals surface area contributed by atoms with Gasteiger partial charge in [-0.05, 0) is 13.3 Å². The van der Waals surface area contributed by atoms with Gasteiger partial charge in [-0.2, -0.15) is 0 Å². The lowest BCUT2D eigenvalue weighted by Crippen LogP contribution is -2.42.